The van der Waals surface area contributed by atoms with Crippen LogP contribution in [0.15, 0.2) is 42.6 Å². The fourth-order valence-electron chi connectivity index (χ4n) is 3.89. The molecule has 2 saturated heterocycles. The summed E-state index contributed by atoms with van der Waals surface area (Å²) in [7, 11) is 0. The van der Waals surface area contributed by atoms with E-state index < -0.39 is 11.7 Å². The molecule has 8 heteroatoms. The molecule has 2 fully saturated rings. The second kappa shape index (κ2) is 7.43. The van der Waals surface area contributed by atoms with Gasteiger partial charge in [-0.05, 0) is 49.6 Å². The number of aromatic nitrogens is 1. The molecule has 28 heavy (non-hydrogen) atoms. The third-order valence-electron chi connectivity index (χ3n) is 5.30. The number of anilines is 2. The van der Waals surface area contributed by atoms with Crippen LogP contribution >= 0.6 is 0 Å². The number of carbonyl (C=O) groups excluding carboxylic acids is 1. The summed E-state index contributed by atoms with van der Waals surface area (Å²) in [4.78, 5) is 19.1. The number of nitrogens with zero attached hydrogens (tertiary/aromatic N) is 2. The van der Waals surface area contributed by atoms with Crippen molar-refractivity contribution in [2.75, 3.05) is 18.4 Å². The lowest BCUT2D eigenvalue weighted by atomic mass is 10.1. The molecule has 1 aromatic carbocycles. The summed E-state index contributed by atoms with van der Waals surface area (Å²) >= 11 is 0. The summed E-state index contributed by atoms with van der Waals surface area (Å²) < 4.78 is 38.9. The maximum atomic E-state index is 13.1. The van der Waals surface area contributed by atoms with Crippen molar-refractivity contribution in [1.82, 2.24) is 15.2 Å². The lowest BCUT2D eigenvalue weighted by molar-refractivity contribution is -0.137. The first-order valence-corrected chi connectivity index (χ1v) is 9.35. The van der Waals surface area contributed by atoms with E-state index in [4.69, 9.17) is 0 Å². The van der Waals surface area contributed by atoms with Gasteiger partial charge >= 0.3 is 6.18 Å². The largest absolute Gasteiger partial charge is 0.416 e. The number of hydrogen-bond donors (Lipinski definition) is 2. The van der Waals surface area contributed by atoms with Crippen molar-refractivity contribution in [2.45, 2.75) is 37.5 Å². The van der Waals surface area contributed by atoms with E-state index in [2.05, 4.69) is 15.6 Å². The molecule has 0 saturated carbocycles. The van der Waals surface area contributed by atoms with E-state index in [1.165, 1.54) is 18.3 Å². The number of alkyl halides is 3. The van der Waals surface area contributed by atoms with Gasteiger partial charge in [0.15, 0.2) is 0 Å². The van der Waals surface area contributed by atoms with Gasteiger partial charge in [-0.3, -0.25) is 4.79 Å². The molecule has 4 rings (SSSR count). The van der Waals surface area contributed by atoms with Gasteiger partial charge in [0.1, 0.15) is 5.82 Å². The van der Waals surface area contributed by atoms with E-state index >= 15 is 0 Å². The summed E-state index contributed by atoms with van der Waals surface area (Å²) in [5.74, 6) is 0.103. The van der Waals surface area contributed by atoms with E-state index in [9.17, 15) is 18.0 Å². The van der Waals surface area contributed by atoms with E-state index in [0.29, 0.717) is 30.7 Å². The molecule has 3 heterocycles. The van der Waals surface area contributed by atoms with E-state index in [-0.39, 0.29) is 17.4 Å². The predicted molar refractivity (Wildman–Crippen MR) is 99.4 cm³/mol. The molecule has 2 aliphatic rings. The van der Waals surface area contributed by atoms with E-state index in [1.54, 1.807) is 12.1 Å². The Kier molecular flexibility index (Phi) is 4.97. The quantitative estimate of drug-likeness (QED) is 0.837. The lowest BCUT2D eigenvalue weighted by Gasteiger charge is -2.25. The third-order valence-corrected chi connectivity index (χ3v) is 5.30. The van der Waals surface area contributed by atoms with Crippen molar-refractivity contribution in [3.8, 4) is 0 Å². The molecular weight excluding hydrogens is 369 g/mol. The number of carbonyl (C=O) groups is 1. The van der Waals surface area contributed by atoms with Crippen LogP contribution in [0.5, 0.6) is 0 Å². The molecule has 2 unspecified atom stereocenters. The van der Waals surface area contributed by atoms with Gasteiger partial charge in [0, 0.05) is 37.1 Å². The molecule has 0 radical (unpaired) electrons. The van der Waals surface area contributed by atoms with Crippen LogP contribution in [0.3, 0.4) is 0 Å². The molecule has 2 aromatic rings. The van der Waals surface area contributed by atoms with Crippen molar-refractivity contribution in [1.29, 1.82) is 0 Å². The molecule has 1 aromatic heterocycles. The maximum absolute atomic E-state index is 13.1. The molecule has 2 N–H and O–H groups in total. The lowest BCUT2D eigenvalue weighted by Crippen LogP contribution is -2.39. The van der Waals surface area contributed by atoms with Crippen LogP contribution in [0, 0.1) is 0 Å². The highest BCUT2D eigenvalue weighted by molar-refractivity contribution is 5.99. The summed E-state index contributed by atoms with van der Waals surface area (Å²) in [6.45, 7) is 1.29. The highest BCUT2D eigenvalue weighted by atomic mass is 19.4. The molecule has 0 aliphatic carbocycles. The first kappa shape index (κ1) is 18.7. The van der Waals surface area contributed by atoms with Crippen molar-refractivity contribution >= 4 is 17.4 Å². The Bertz CT molecular complexity index is 871. The number of nitrogens with one attached hydrogen (secondary N) is 2. The Morgan fingerprint density at radius 3 is 2.79 bits per heavy atom. The number of rotatable bonds is 3. The highest BCUT2D eigenvalue weighted by Gasteiger charge is 2.33. The van der Waals surface area contributed by atoms with Crippen LogP contribution in [-0.4, -0.2) is 41.0 Å². The Hall–Kier alpha value is -2.61. The third kappa shape index (κ3) is 3.96. The fourth-order valence-corrected chi connectivity index (χ4v) is 3.89. The number of pyridine rings is 1. The van der Waals surface area contributed by atoms with Crippen LogP contribution in [0.1, 0.15) is 35.2 Å². The van der Waals surface area contributed by atoms with Crippen molar-refractivity contribution < 1.29 is 18.0 Å². The molecule has 0 spiro atoms. The molecular formula is C20H21F3N4O. The maximum Gasteiger partial charge on any atom is 0.416 e. The second-order valence-corrected chi connectivity index (χ2v) is 7.28. The van der Waals surface area contributed by atoms with Gasteiger partial charge in [0.05, 0.1) is 11.1 Å². The SMILES string of the molecule is O=C(c1cccnc1Nc1cccc(C(F)(F)F)c1)N1CCC2CCC(C1)N2. The number of likely N-dealkylation sites (tertiary alicyclic amines) is 1. The van der Waals surface area contributed by atoms with Crippen molar-refractivity contribution in [3.63, 3.8) is 0 Å². The van der Waals surface area contributed by atoms with Gasteiger partial charge in [-0.2, -0.15) is 13.2 Å². The summed E-state index contributed by atoms with van der Waals surface area (Å²) in [6, 6.07) is 8.94. The normalized spacial score (nSPS) is 22.0. The van der Waals surface area contributed by atoms with Crippen LogP contribution < -0.4 is 10.6 Å². The Balaban J connectivity index is 1.56. The smallest absolute Gasteiger partial charge is 0.340 e. The first-order chi connectivity index (χ1) is 13.4. The molecule has 2 aliphatic heterocycles. The standard InChI is InChI=1S/C20H21F3N4O/c21-20(22,23)13-3-1-4-15(11-13)26-18-17(5-2-9-24-18)19(28)27-10-8-14-6-7-16(12-27)25-14/h1-5,9,11,14,16,25H,6-8,10,12H2,(H,24,26). The van der Waals surface area contributed by atoms with Gasteiger partial charge in [-0.25, -0.2) is 4.98 Å². The van der Waals surface area contributed by atoms with Gasteiger partial charge in [-0.1, -0.05) is 6.07 Å². The van der Waals surface area contributed by atoms with Gasteiger partial charge in [0.2, 0.25) is 0 Å². The Morgan fingerprint density at radius 2 is 1.96 bits per heavy atom. The Morgan fingerprint density at radius 1 is 1.14 bits per heavy atom. The van der Waals surface area contributed by atoms with Crippen LogP contribution in [0.2, 0.25) is 0 Å². The number of amides is 1. The van der Waals surface area contributed by atoms with Crippen molar-refractivity contribution in [2.24, 2.45) is 0 Å². The average molecular weight is 390 g/mol. The first-order valence-electron chi connectivity index (χ1n) is 9.35. The second-order valence-electron chi connectivity index (χ2n) is 7.28. The average Bonchev–Trinajstić information content (AvgIpc) is 3.00. The monoisotopic (exact) mass is 390 g/mol. The molecule has 5 nitrogen and oxygen atoms in total. The summed E-state index contributed by atoms with van der Waals surface area (Å²) in [5.41, 5.74) is -0.159. The zero-order chi connectivity index (χ0) is 19.7. The molecule has 2 bridgehead atoms. The molecule has 2 atom stereocenters. The number of halogens is 3. The fraction of sp³-hybridized carbons (Fsp3) is 0.400. The Labute approximate surface area is 160 Å². The minimum atomic E-state index is -4.43. The number of fused-ring (bicyclic) bond motifs is 2. The molecule has 148 valence electrons. The van der Waals surface area contributed by atoms with Crippen LogP contribution in [0.25, 0.3) is 0 Å². The summed E-state index contributed by atoms with van der Waals surface area (Å²) in [6.07, 6.45) is 0.176. The van der Waals surface area contributed by atoms with E-state index in [0.717, 1.165) is 31.4 Å². The van der Waals surface area contributed by atoms with Gasteiger partial charge in [0.25, 0.3) is 5.91 Å². The van der Waals surface area contributed by atoms with Gasteiger partial charge in [-0.15, -0.1) is 0 Å². The topological polar surface area (TPSA) is 57.3 Å². The molecule has 1 amide bonds. The highest BCUT2D eigenvalue weighted by Crippen LogP contribution is 2.32. The van der Waals surface area contributed by atoms with Gasteiger partial charge < -0.3 is 15.5 Å². The minimum Gasteiger partial charge on any atom is -0.340 e. The number of benzene rings is 1. The van der Waals surface area contributed by atoms with Crippen LogP contribution in [0.4, 0.5) is 24.7 Å². The summed E-state index contributed by atoms with van der Waals surface area (Å²) in [5, 5.41) is 6.41. The van der Waals surface area contributed by atoms with Crippen molar-refractivity contribution in [3.05, 3.63) is 53.7 Å². The minimum absolute atomic E-state index is 0.156. The predicted octanol–water partition coefficient (Wildman–Crippen LogP) is 3.81. The number of hydrogen-bond acceptors (Lipinski definition) is 4. The zero-order valence-electron chi connectivity index (χ0n) is 15.2. The zero-order valence-corrected chi connectivity index (χ0v) is 15.2. The van der Waals surface area contributed by atoms with Crippen LogP contribution in [-0.2, 0) is 6.18 Å². The van der Waals surface area contributed by atoms with E-state index in [1.807, 2.05) is 4.90 Å².